The molecular weight excluding hydrogens is 419 g/mol. The van der Waals surface area contributed by atoms with Crippen LogP contribution in [0.25, 0.3) is 0 Å². The highest BCUT2D eigenvalue weighted by molar-refractivity contribution is 7.92. The Hall–Kier alpha value is -3.83. The van der Waals surface area contributed by atoms with E-state index in [1.54, 1.807) is 0 Å². The molecule has 0 aromatic heterocycles. The Morgan fingerprint density at radius 2 is 1.61 bits per heavy atom. The molecule has 6 nitrogen and oxygen atoms in total. The maximum absolute atomic E-state index is 15.1. The van der Waals surface area contributed by atoms with E-state index in [0.717, 1.165) is 17.2 Å². The summed E-state index contributed by atoms with van der Waals surface area (Å²) in [6.45, 7) is -0.450. The lowest BCUT2D eigenvalue weighted by molar-refractivity contribution is -0.117. The lowest BCUT2D eigenvalue weighted by atomic mass is 10.1. The molecule has 0 aliphatic carbocycles. The predicted octanol–water partition coefficient (Wildman–Crippen LogP) is 2.99. The molecule has 1 aliphatic heterocycles. The van der Waals surface area contributed by atoms with E-state index < -0.39 is 28.5 Å². The Balaban J connectivity index is 1.74. The second-order valence-electron chi connectivity index (χ2n) is 6.73. The van der Waals surface area contributed by atoms with Crippen molar-refractivity contribution >= 4 is 21.8 Å². The van der Waals surface area contributed by atoms with E-state index >= 15 is 4.39 Å². The summed E-state index contributed by atoms with van der Waals surface area (Å²) in [7, 11) is -4.21. The average Bonchev–Trinajstić information content (AvgIpc) is 3.03. The minimum atomic E-state index is -4.21. The molecule has 1 heterocycles. The second-order valence-corrected chi connectivity index (χ2v) is 8.33. The van der Waals surface area contributed by atoms with Gasteiger partial charge in [-0.1, -0.05) is 60.4 Å². The minimum absolute atomic E-state index is 0.0266. The Bertz CT molecular complexity index is 1280. The lowest BCUT2D eigenvalue weighted by Gasteiger charge is -2.20. The molecule has 4 rings (SSSR count). The SMILES string of the molecule is O=C1CN(c2c(F)cc(C#Cc3ccccc3)cc2OCc2ccccc2)S(=O)(=O)N1. The zero-order chi connectivity index (χ0) is 21.8. The van der Waals surface area contributed by atoms with E-state index in [4.69, 9.17) is 4.74 Å². The van der Waals surface area contributed by atoms with Crippen LogP contribution in [0.1, 0.15) is 16.7 Å². The summed E-state index contributed by atoms with van der Waals surface area (Å²) >= 11 is 0. The topological polar surface area (TPSA) is 75.7 Å². The monoisotopic (exact) mass is 436 g/mol. The Labute approximate surface area is 179 Å². The van der Waals surface area contributed by atoms with Gasteiger partial charge in [-0.05, 0) is 29.8 Å². The van der Waals surface area contributed by atoms with Gasteiger partial charge in [0.25, 0.3) is 5.91 Å². The molecule has 1 aliphatic rings. The first kappa shape index (κ1) is 20.4. The van der Waals surface area contributed by atoms with Gasteiger partial charge in [0.1, 0.15) is 24.6 Å². The number of amides is 1. The standard InChI is InChI=1S/C23H17FN2O4S/c24-20-13-19(12-11-17-7-3-1-4-8-17)14-21(30-16-18-9-5-2-6-10-18)23(20)26-15-22(27)25-31(26,28)29/h1-10,13-14H,15-16H2,(H,25,27). The van der Waals surface area contributed by atoms with Crippen LogP contribution in [-0.2, 0) is 21.6 Å². The van der Waals surface area contributed by atoms with Crippen molar-refractivity contribution < 1.29 is 22.3 Å². The van der Waals surface area contributed by atoms with E-state index in [9.17, 15) is 13.2 Å². The number of ether oxygens (including phenoxy) is 1. The summed E-state index contributed by atoms with van der Waals surface area (Å²) in [5, 5.41) is 0. The Kier molecular flexibility index (Phi) is 5.60. The quantitative estimate of drug-likeness (QED) is 0.638. The number of nitrogens with zero attached hydrogens (tertiary/aromatic N) is 1. The largest absolute Gasteiger partial charge is 0.487 e. The minimum Gasteiger partial charge on any atom is -0.487 e. The van der Waals surface area contributed by atoms with Crippen molar-refractivity contribution in [2.24, 2.45) is 0 Å². The molecule has 1 N–H and O–H groups in total. The zero-order valence-electron chi connectivity index (χ0n) is 16.2. The van der Waals surface area contributed by atoms with Gasteiger partial charge in [0.2, 0.25) is 0 Å². The van der Waals surface area contributed by atoms with Crippen LogP contribution >= 0.6 is 0 Å². The predicted molar refractivity (Wildman–Crippen MR) is 114 cm³/mol. The van der Waals surface area contributed by atoms with Crippen LogP contribution in [0, 0.1) is 17.7 Å². The summed E-state index contributed by atoms with van der Waals surface area (Å²) in [5.74, 6) is 4.16. The molecule has 8 heteroatoms. The van der Waals surface area contributed by atoms with Crippen LogP contribution in [0.5, 0.6) is 5.75 Å². The maximum atomic E-state index is 15.1. The molecule has 3 aromatic carbocycles. The molecule has 0 saturated carbocycles. The van der Waals surface area contributed by atoms with Crippen LogP contribution in [-0.4, -0.2) is 20.9 Å². The van der Waals surface area contributed by atoms with Crippen molar-refractivity contribution in [1.29, 1.82) is 0 Å². The van der Waals surface area contributed by atoms with Gasteiger partial charge in [-0.25, -0.2) is 13.4 Å². The molecule has 31 heavy (non-hydrogen) atoms. The fourth-order valence-electron chi connectivity index (χ4n) is 3.05. The third-order valence-corrected chi connectivity index (χ3v) is 5.84. The van der Waals surface area contributed by atoms with E-state index in [1.807, 2.05) is 65.4 Å². The van der Waals surface area contributed by atoms with Gasteiger partial charge >= 0.3 is 10.2 Å². The molecule has 0 atom stereocenters. The first-order valence-corrected chi connectivity index (χ1v) is 10.8. The van der Waals surface area contributed by atoms with Crippen LogP contribution in [0.4, 0.5) is 10.1 Å². The molecule has 0 spiro atoms. The van der Waals surface area contributed by atoms with Crippen molar-refractivity contribution in [2.75, 3.05) is 10.8 Å². The molecule has 1 saturated heterocycles. The summed E-state index contributed by atoms with van der Waals surface area (Å²) in [4.78, 5) is 11.7. The number of rotatable bonds is 4. The van der Waals surface area contributed by atoms with Crippen molar-refractivity contribution in [2.45, 2.75) is 6.61 Å². The van der Waals surface area contributed by atoms with Gasteiger partial charge in [-0.3, -0.25) is 4.79 Å². The van der Waals surface area contributed by atoms with Crippen LogP contribution in [0.15, 0.2) is 72.8 Å². The van der Waals surface area contributed by atoms with Gasteiger partial charge in [0, 0.05) is 11.1 Å². The number of benzene rings is 3. The lowest BCUT2D eigenvalue weighted by Crippen LogP contribution is -2.30. The molecule has 1 fully saturated rings. The van der Waals surface area contributed by atoms with E-state index in [0.29, 0.717) is 9.87 Å². The zero-order valence-corrected chi connectivity index (χ0v) is 17.0. The fourth-order valence-corrected chi connectivity index (χ4v) is 4.21. The molecular formula is C23H17FN2O4S. The van der Waals surface area contributed by atoms with E-state index in [1.165, 1.54) is 6.07 Å². The second kappa shape index (κ2) is 8.50. The molecule has 3 aromatic rings. The first-order chi connectivity index (χ1) is 14.9. The number of hydrogen-bond acceptors (Lipinski definition) is 4. The summed E-state index contributed by atoms with van der Waals surface area (Å²) in [6.07, 6.45) is 0. The van der Waals surface area contributed by atoms with Crippen molar-refractivity contribution in [3.8, 4) is 17.6 Å². The van der Waals surface area contributed by atoms with E-state index in [2.05, 4.69) is 11.8 Å². The third-order valence-electron chi connectivity index (χ3n) is 4.46. The average molecular weight is 436 g/mol. The van der Waals surface area contributed by atoms with Crippen LogP contribution in [0.3, 0.4) is 0 Å². The van der Waals surface area contributed by atoms with Gasteiger partial charge < -0.3 is 4.74 Å². The van der Waals surface area contributed by atoms with Crippen molar-refractivity contribution in [1.82, 2.24) is 4.72 Å². The number of hydrogen-bond donors (Lipinski definition) is 1. The molecule has 0 unspecified atom stereocenters. The van der Waals surface area contributed by atoms with Gasteiger partial charge in [0.05, 0.1) is 0 Å². The van der Waals surface area contributed by atoms with Crippen LogP contribution in [0.2, 0.25) is 0 Å². The maximum Gasteiger partial charge on any atom is 0.326 e. The smallest absolute Gasteiger partial charge is 0.326 e. The summed E-state index contributed by atoms with van der Waals surface area (Å²) in [6, 6.07) is 20.9. The van der Waals surface area contributed by atoms with Gasteiger partial charge in [-0.2, -0.15) is 8.42 Å². The highest BCUT2D eigenvalue weighted by Gasteiger charge is 2.37. The Morgan fingerprint density at radius 1 is 0.968 bits per heavy atom. The first-order valence-electron chi connectivity index (χ1n) is 9.33. The summed E-state index contributed by atoms with van der Waals surface area (Å²) in [5.41, 5.74) is 1.53. The number of carbonyl (C=O) groups is 1. The Morgan fingerprint density at radius 3 is 2.26 bits per heavy atom. The number of halogens is 1. The molecule has 156 valence electrons. The van der Waals surface area contributed by atoms with Crippen molar-refractivity contribution in [3.63, 3.8) is 0 Å². The van der Waals surface area contributed by atoms with E-state index in [-0.39, 0.29) is 18.0 Å². The molecule has 0 radical (unpaired) electrons. The molecule has 1 amide bonds. The van der Waals surface area contributed by atoms with Gasteiger partial charge in [-0.15, -0.1) is 0 Å². The highest BCUT2D eigenvalue weighted by atomic mass is 32.2. The number of carbonyl (C=O) groups excluding carboxylic acids is 1. The van der Waals surface area contributed by atoms with Gasteiger partial charge in [0.15, 0.2) is 5.82 Å². The summed E-state index contributed by atoms with van der Waals surface area (Å²) < 4.78 is 48.0. The third kappa shape index (κ3) is 4.68. The van der Waals surface area contributed by atoms with Crippen molar-refractivity contribution in [3.05, 3.63) is 95.3 Å². The normalized spacial score (nSPS) is 14.5. The highest BCUT2D eigenvalue weighted by Crippen LogP contribution is 2.36. The molecule has 0 bridgehead atoms. The number of nitrogens with one attached hydrogen (secondary N) is 1. The fraction of sp³-hybridized carbons (Fsp3) is 0.0870. The number of anilines is 1. The van der Waals surface area contributed by atoms with Crippen LogP contribution < -0.4 is 13.8 Å².